The standard InChI is InChI=1S/C25H20N2O/c26-15-14-25(28)27(17-19-8-2-1-3-9-19)18-24-22-12-6-4-10-20(22)16-21-11-5-7-13-23(21)24/h1-13,16H,14,17-18H2. The van der Waals surface area contributed by atoms with E-state index >= 15 is 0 Å². The van der Waals surface area contributed by atoms with Gasteiger partial charge in [0.25, 0.3) is 0 Å². The first-order chi connectivity index (χ1) is 13.8. The number of hydrogen-bond donors (Lipinski definition) is 0. The third-order valence-electron chi connectivity index (χ3n) is 5.03. The van der Waals surface area contributed by atoms with Gasteiger partial charge in [0.1, 0.15) is 6.42 Å². The van der Waals surface area contributed by atoms with E-state index in [2.05, 4.69) is 30.3 Å². The van der Waals surface area contributed by atoms with Gasteiger partial charge in [-0.3, -0.25) is 4.79 Å². The van der Waals surface area contributed by atoms with Gasteiger partial charge in [-0.05, 0) is 38.7 Å². The highest BCUT2D eigenvalue weighted by Gasteiger charge is 2.17. The van der Waals surface area contributed by atoms with Crippen molar-refractivity contribution < 1.29 is 4.79 Å². The Kier molecular flexibility index (Phi) is 5.03. The molecule has 0 heterocycles. The van der Waals surface area contributed by atoms with Gasteiger partial charge in [-0.2, -0.15) is 5.26 Å². The lowest BCUT2D eigenvalue weighted by atomic mass is 9.96. The molecular formula is C25H20N2O. The van der Waals surface area contributed by atoms with E-state index in [9.17, 15) is 4.79 Å². The van der Waals surface area contributed by atoms with Crippen LogP contribution < -0.4 is 0 Å². The summed E-state index contributed by atoms with van der Waals surface area (Å²) in [5.41, 5.74) is 2.18. The van der Waals surface area contributed by atoms with Crippen LogP contribution in [0.4, 0.5) is 0 Å². The van der Waals surface area contributed by atoms with Crippen molar-refractivity contribution in [3.63, 3.8) is 0 Å². The molecule has 1 amide bonds. The summed E-state index contributed by atoms with van der Waals surface area (Å²) in [7, 11) is 0. The molecule has 28 heavy (non-hydrogen) atoms. The molecule has 4 aromatic rings. The van der Waals surface area contributed by atoms with Crippen LogP contribution in [0, 0.1) is 11.3 Å². The van der Waals surface area contributed by atoms with Gasteiger partial charge < -0.3 is 4.90 Å². The maximum Gasteiger partial charge on any atom is 0.237 e. The molecule has 0 atom stereocenters. The highest BCUT2D eigenvalue weighted by Crippen LogP contribution is 2.30. The smallest absolute Gasteiger partial charge is 0.237 e. The van der Waals surface area contributed by atoms with Crippen LogP contribution in [0.25, 0.3) is 21.5 Å². The maximum absolute atomic E-state index is 12.7. The Bertz CT molecular complexity index is 1120. The zero-order valence-electron chi connectivity index (χ0n) is 15.5. The van der Waals surface area contributed by atoms with Crippen molar-refractivity contribution in [2.75, 3.05) is 0 Å². The molecule has 3 heteroatoms. The van der Waals surface area contributed by atoms with E-state index in [0.717, 1.165) is 32.7 Å². The molecule has 0 saturated carbocycles. The predicted octanol–water partition coefficient (Wildman–Crippen LogP) is 5.44. The average Bonchev–Trinajstić information content (AvgIpc) is 2.74. The van der Waals surface area contributed by atoms with Crippen LogP contribution in [0.5, 0.6) is 0 Å². The Labute approximate surface area is 164 Å². The maximum atomic E-state index is 12.7. The fourth-order valence-corrected chi connectivity index (χ4v) is 3.68. The van der Waals surface area contributed by atoms with Crippen molar-refractivity contribution in [3.05, 3.63) is 96.1 Å². The summed E-state index contributed by atoms with van der Waals surface area (Å²) in [4.78, 5) is 14.5. The third-order valence-corrected chi connectivity index (χ3v) is 5.03. The monoisotopic (exact) mass is 364 g/mol. The van der Waals surface area contributed by atoms with Crippen molar-refractivity contribution in [2.45, 2.75) is 19.5 Å². The van der Waals surface area contributed by atoms with Crippen molar-refractivity contribution in [3.8, 4) is 6.07 Å². The van der Waals surface area contributed by atoms with Crippen molar-refractivity contribution in [1.82, 2.24) is 4.90 Å². The molecular weight excluding hydrogens is 344 g/mol. The summed E-state index contributed by atoms with van der Waals surface area (Å²) < 4.78 is 0. The molecule has 0 saturated heterocycles. The molecule has 0 aliphatic heterocycles. The largest absolute Gasteiger partial charge is 0.333 e. The molecule has 0 radical (unpaired) electrons. The fourth-order valence-electron chi connectivity index (χ4n) is 3.68. The number of amides is 1. The normalized spacial score (nSPS) is 10.7. The lowest BCUT2D eigenvalue weighted by Crippen LogP contribution is -2.29. The van der Waals surface area contributed by atoms with Gasteiger partial charge in [0.15, 0.2) is 0 Å². The summed E-state index contributed by atoms with van der Waals surface area (Å²) in [6.45, 7) is 0.955. The van der Waals surface area contributed by atoms with Gasteiger partial charge in [0.05, 0.1) is 6.07 Å². The fraction of sp³-hybridized carbons (Fsp3) is 0.120. The minimum absolute atomic E-state index is 0.116. The van der Waals surface area contributed by atoms with Crippen molar-refractivity contribution >= 4 is 27.5 Å². The first kappa shape index (κ1) is 17.8. The number of carbonyl (C=O) groups is 1. The Morgan fingerprint density at radius 1 is 0.786 bits per heavy atom. The first-order valence-corrected chi connectivity index (χ1v) is 9.34. The van der Waals surface area contributed by atoms with E-state index in [1.165, 1.54) is 0 Å². The van der Waals surface area contributed by atoms with Crippen LogP contribution in [-0.4, -0.2) is 10.8 Å². The van der Waals surface area contributed by atoms with Gasteiger partial charge in [-0.1, -0.05) is 78.9 Å². The van der Waals surface area contributed by atoms with Crippen LogP contribution in [-0.2, 0) is 17.9 Å². The summed E-state index contributed by atoms with van der Waals surface area (Å²) in [5.74, 6) is -0.150. The van der Waals surface area contributed by atoms with Crippen LogP contribution in [0.2, 0.25) is 0 Å². The summed E-state index contributed by atoms with van der Waals surface area (Å²) in [6.07, 6.45) is -0.116. The minimum atomic E-state index is -0.150. The molecule has 4 aromatic carbocycles. The second-order valence-corrected chi connectivity index (χ2v) is 6.87. The number of nitrogens with zero attached hydrogens (tertiary/aromatic N) is 2. The average molecular weight is 364 g/mol. The van der Waals surface area contributed by atoms with Crippen molar-refractivity contribution in [1.29, 1.82) is 5.26 Å². The number of carbonyl (C=O) groups excluding carboxylic acids is 1. The Balaban J connectivity index is 1.82. The Hall–Kier alpha value is -3.64. The number of nitriles is 1. The summed E-state index contributed by atoms with van der Waals surface area (Å²) in [5, 5.41) is 13.7. The Morgan fingerprint density at radius 2 is 1.36 bits per heavy atom. The van der Waals surface area contributed by atoms with E-state index < -0.39 is 0 Å². The zero-order chi connectivity index (χ0) is 19.3. The lowest BCUT2D eigenvalue weighted by Gasteiger charge is -2.24. The summed E-state index contributed by atoms with van der Waals surface area (Å²) >= 11 is 0. The molecule has 0 aliphatic carbocycles. The van der Waals surface area contributed by atoms with Gasteiger partial charge in [-0.15, -0.1) is 0 Å². The van der Waals surface area contributed by atoms with Crippen LogP contribution >= 0.6 is 0 Å². The molecule has 3 nitrogen and oxygen atoms in total. The van der Waals surface area contributed by atoms with Gasteiger partial charge >= 0.3 is 0 Å². The van der Waals surface area contributed by atoms with E-state index in [1.807, 2.05) is 60.7 Å². The first-order valence-electron chi connectivity index (χ1n) is 9.34. The number of rotatable bonds is 5. The van der Waals surface area contributed by atoms with E-state index in [-0.39, 0.29) is 12.3 Å². The van der Waals surface area contributed by atoms with E-state index in [0.29, 0.717) is 13.1 Å². The van der Waals surface area contributed by atoms with Crippen LogP contribution in [0.3, 0.4) is 0 Å². The molecule has 0 aromatic heterocycles. The highest BCUT2D eigenvalue weighted by atomic mass is 16.2. The number of hydrogen-bond acceptors (Lipinski definition) is 2. The molecule has 0 bridgehead atoms. The SMILES string of the molecule is N#CCC(=O)N(Cc1ccccc1)Cc1c2ccccc2cc2ccccc12. The minimum Gasteiger partial charge on any atom is -0.333 e. The zero-order valence-corrected chi connectivity index (χ0v) is 15.5. The van der Waals surface area contributed by atoms with Gasteiger partial charge in [-0.25, -0.2) is 0 Å². The van der Waals surface area contributed by atoms with E-state index in [1.54, 1.807) is 4.90 Å². The second kappa shape index (κ2) is 7.94. The van der Waals surface area contributed by atoms with Crippen LogP contribution in [0.1, 0.15) is 17.5 Å². The molecule has 0 N–H and O–H groups in total. The third kappa shape index (κ3) is 3.58. The molecule has 4 rings (SSSR count). The lowest BCUT2D eigenvalue weighted by molar-refractivity contribution is -0.131. The molecule has 0 aliphatic rings. The molecule has 0 spiro atoms. The van der Waals surface area contributed by atoms with Gasteiger partial charge in [0.2, 0.25) is 5.91 Å². The molecule has 0 unspecified atom stereocenters. The second-order valence-electron chi connectivity index (χ2n) is 6.87. The van der Waals surface area contributed by atoms with E-state index in [4.69, 9.17) is 5.26 Å². The predicted molar refractivity (Wildman–Crippen MR) is 112 cm³/mol. The van der Waals surface area contributed by atoms with Crippen LogP contribution in [0.15, 0.2) is 84.9 Å². The van der Waals surface area contributed by atoms with Gasteiger partial charge in [0, 0.05) is 13.1 Å². The number of fused-ring (bicyclic) bond motifs is 2. The molecule has 0 fully saturated rings. The topological polar surface area (TPSA) is 44.1 Å². The summed E-state index contributed by atoms with van der Waals surface area (Å²) in [6, 6.07) is 30.6. The quantitative estimate of drug-likeness (QED) is 0.443. The Morgan fingerprint density at radius 3 is 1.96 bits per heavy atom. The van der Waals surface area contributed by atoms with Crippen molar-refractivity contribution in [2.24, 2.45) is 0 Å². The number of benzene rings is 4. The highest BCUT2D eigenvalue weighted by molar-refractivity contribution is 6.02. The molecule has 136 valence electrons.